The first-order chi connectivity index (χ1) is 7.95. The molecule has 0 amide bonds. The summed E-state index contributed by atoms with van der Waals surface area (Å²) in [6.07, 6.45) is 0. The number of benzene rings is 1. The highest BCUT2D eigenvalue weighted by atomic mass is 15.1. The molecule has 1 aromatic carbocycles. The molecule has 0 unspecified atom stereocenters. The lowest BCUT2D eigenvalue weighted by atomic mass is 9.86. The van der Waals surface area contributed by atoms with Crippen LogP contribution < -0.4 is 5.32 Å². The van der Waals surface area contributed by atoms with Gasteiger partial charge in [0.2, 0.25) is 0 Å². The van der Waals surface area contributed by atoms with Crippen molar-refractivity contribution in [2.75, 3.05) is 7.05 Å². The first kappa shape index (κ1) is 12.1. The number of aryl methyl sites for hydroxylation is 1. The van der Waals surface area contributed by atoms with Gasteiger partial charge in [-0.2, -0.15) is 0 Å². The second-order valence-electron chi connectivity index (χ2n) is 5.54. The van der Waals surface area contributed by atoms with Crippen molar-refractivity contribution in [1.29, 1.82) is 0 Å². The van der Waals surface area contributed by atoms with E-state index in [0.717, 1.165) is 17.9 Å². The molecule has 0 atom stereocenters. The zero-order valence-electron chi connectivity index (χ0n) is 11.3. The predicted octanol–water partition coefficient (Wildman–Crippen LogP) is 2.59. The monoisotopic (exact) mass is 231 g/mol. The van der Waals surface area contributed by atoms with E-state index in [2.05, 4.69) is 55.9 Å². The zero-order valence-corrected chi connectivity index (χ0v) is 11.3. The van der Waals surface area contributed by atoms with Crippen LogP contribution in [0.3, 0.4) is 0 Å². The van der Waals surface area contributed by atoms with Crippen LogP contribution in [-0.4, -0.2) is 16.6 Å². The molecule has 2 rings (SSSR count). The highest BCUT2D eigenvalue weighted by Crippen LogP contribution is 2.29. The maximum atomic E-state index is 4.77. The summed E-state index contributed by atoms with van der Waals surface area (Å²) in [7, 11) is 4.03. The summed E-state index contributed by atoms with van der Waals surface area (Å²) in [5, 5.41) is 3.16. The Labute approximate surface area is 103 Å². The fourth-order valence-corrected chi connectivity index (χ4v) is 2.18. The molecule has 0 aliphatic rings. The van der Waals surface area contributed by atoms with Crippen molar-refractivity contribution in [3.8, 4) is 0 Å². The minimum atomic E-state index is 0.130. The summed E-state index contributed by atoms with van der Waals surface area (Å²) in [4.78, 5) is 4.77. The average Bonchev–Trinajstić information content (AvgIpc) is 2.55. The summed E-state index contributed by atoms with van der Waals surface area (Å²) in [5.41, 5.74) is 3.79. The van der Waals surface area contributed by atoms with Gasteiger partial charge in [-0.1, -0.05) is 32.9 Å². The smallest absolute Gasteiger partial charge is 0.123 e. The molecule has 1 heterocycles. The number of hydrogen-bond donors (Lipinski definition) is 1. The number of fused-ring (bicyclic) bond motifs is 1. The lowest BCUT2D eigenvalue weighted by molar-refractivity contribution is 0.594. The Bertz CT molecular complexity index is 532. The molecule has 0 aliphatic carbocycles. The quantitative estimate of drug-likeness (QED) is 0.861. The van der Waals surface area contributed by atoms with E-state index in [4.69, 9.17) is 4.98 Å². The second kappa shape index (κ2) is 4.15. The fourth-order valence-electron chi connectivity index (χ4n) is 2.18. The van der Waals surface area contributed by atoms with E-state index in [1.807, 2.05) is 7.05 Å². The maximum absolute atomic E-state index is 4.77. The standard InChI is InChI=1S/C14H21N3/c1-14(2,3)10-7-6-8-11-13(10)16-12(9-15-4)17(11)5/h6-8,15H,9H2,1-5H3. The van der Waals surface area contributed by atoms with Crippen molar-refractivity contribution in [2.24, 2.45) is 7.05 Å². The van der Waals surface area contributed by atoms with Crippen molar-refractivity contribution >= 4 is 11.0 Å². The van der Waals surface area contributed by atoms with Gasteiger partial charge in [-0.05, 0) is 24.1 Å². The Morgan fingerprint density at radius 3 is 2.59 bits per heavy atom. The average molecular weight is 231 g/mol. The third kappa shape index (κ3) is 2.07. The molecule has 0 saturated heterocycles. The Kier molecular flexibility index (Phi) is 2.96. The molecule has 1 aromatic heterocycles. The van der Waals surface area contributed by atoms with E-state index >= 15 is 0 Å². The highest BCUT2D eigenvalue weighted by Gasteiger charge is 2.19. The van der Waals surface area contributed by atoms with Crippen LogP contribution in [0.15, 0.2) is 18.2 Å². The Morgan fingerprint density at radius 2 is 2.00 bits per heavy atom. The second-order valence-corrected chi connectivity index (χ2v) is 5.54. The zero-order chi connectivity index (χ0) is 12.6. The molecule has 3 heteroatoms. The molecule has 0 saturated carbocycles. The van der Waals surface area contributed by atoms with Crippen LogP contribution >= 0.6 is 0 Å². The molecule has 1 N–H and O–H groups in total. The maximum Gasteiger partial charge on any atom is 0.123 e. The minimum absolute atomic E-state index is 0.130. The SMILES string of the molecule is CNCc1nc2c(C(C)(C)C)cccc2n1C. The van der Waals surface area contributed by atoms with Crippen LogP contribution in [0, 0.1) is 0 Å². The van der Waals surface area contributed by atoms with Crippen LogP contribution in [0.2, 0.25) is 0 Å². The molecule has 3 nitrogen and oxygen atoms in total. The Morgan fingerprint density at radius 1 is 1.29 bits per heavy atom. The van der Waals surface area contributed by atoms with E-state index in [-0.39, 0.29) is 5.41 Å². The van der Waals surface area contributed by atoms with Crippen molar-refractivity contribution in [2.45, 2.75) is 32.7 Å². The van der Waals surface area contributed by atoms with Crippen LogP contribution in [0.5, 0.6) is 0 Å². The summed E-state index contributed by atoms with van der Waals surface area (Å²) < 4.78 is 2.17. The number of imidazole rings is 1. The topological polar surface area (TPSA) is 29.9 Å². The molecule has 0 bridgehead atoms. The molecule has 0 fully saturated rings. The van der Waals surface area contributed by atoms with Crippen molar-refractivity contribution in [1.82, 2.24) is 14.9 Å². The van der Waals surface area contributed by atoms with Gasteiger partial charge < -0.3 is 9.88 Å². The van der Waals surface area contributed by atoms with Crippen LogP contribution in [0.25, 0.3) is 11.0 Å². The number of rotatable bonds is 2. The van der Waals surface area contributed by atoms with E-state index in [1.54, 1.807) is 0 Å². The van der Waals surface area contributed by atoms with E-state index < -0.39 is 0 Å². The van der Waals surface area contributed by atoms with Gasteiger partial charge in [0.15, 0.2) is 0 Å². The largest absolute Gasteiger partial charge is 0.330 e. The van der Waals surface area contributed by atoms with Crippen LogP contribution in [-0.2, 0) is 19.0 Å². The Balaban J connectivity index is 2.69. The van der Waals surface area contributed by atoms with E-state index in [1.165, 1.54) is 11.1 Å². The minimum Gasteiger partial charge on any atom is -0.330 e. The molecule has 0 spiro atoms. The number of nitrogens with one attached hydrogen (secondary N) is 1. The van der Waals surface area contributed by atoms with E-state index in [9.17, 15) is 0 Å². The summed E-state index contributed by atoms with van der Waals surface area (Å²) >= 11 is 0. The van der Waals surface area contributed by atoms with E-state index in [0.29, 0.717) is 0 Å². The third-order valence-electron chi connectivity index (χ3n) is 3.15. The van der Waals surface area contributed by atoms with Crippen molar-refractivity contribution in [3.63, 3.8) is 0 Å². The van der Waals surface area contributed by atoms with Crippen LogP contribution in [0.4, 0.5) is 0 Å². The molecule has 0 aliphatic heterocycles. The normalized spacial score (nSPS) is 12.3. The number of nitrogens with zero attached hydrogens (tertiary/aromatic N) is 2. The number of hydrogen-bond acceptors (Lipinski definition) is 2. The Hall–Kier alpha value is -1.35. The predicted molar refractivity (Wildman–Crippen MR) is 72.2 cm³/mol. The summed E-state index contributed by atoms with van der Waals surface area (Å²) in [6.45, 7) is 7.49. The fraction of sp³-hybridized carbons (Fsp3) is 0.500. The van der Waals surface area contributed by atoms with Crippen LogP contribution in [0.1, 0.15) is 32.2 Å². The lowest BCUT2D eigenvalue weighted by Crippen LogP contribution is -2.11. The first-order valence-corrected chi connectivity index (χ1v) is 6.04. The van der Waals surface area contributed by atoms with Gasteiger partial charge in [0.1, 0.15) is 5.82 Å². The van der Waals surface area contributed by atoms with Gasteiger partial charge >= 0.3 is 0 Å². The highest BCUT2D eigenvalue weighted by molar-refractivity contribution is 5.80. The molecule has 17 heavy (non-hydrogen) atoms. The van der Waals surface area contributed by atoms with Gasteiger partial charge in [0.25, 0.3) is 0 Å². The summed E-state index contributed by atoms with van der Waals surface area (Å²) in [6, 6.07) is 6.43. The molecular weight excluding hydrogens is 210 g/mol. The van der Waals surface area contributed by atoms with Gasteiger partial charge in [0.05, 0.1) is 17.6 Å². The molecule has 0 radical (unpaired) electrons. The number of aromatic nitrogens is 2. The first-order valence-electron chi connectivity index (χ1n) is 6.04. The number of para-hydroxylation sites is 1. The lowest BCUT2D eigenvalue weighted by Gasteiger charge is -2.19. The molecule has 92 valence electrons. The van der Waals surface area contributed by atoms with Crippen molar-refractivity contribution in [3.05, 3.63) is 29.6 Å². The van der Waals surface area contributed by atoms with Crippen molar-refractivity contribution < 1.29 is 0 Å². The summed E-state index contributed by atoms with van der Waals surface area (Å²) in [5.74, 6) is 1.08. The van der Waals surface area contributed by atoms with Gasteiger partial charge in [0, 0.05) is 7.05 Å². The van der Waals surface area contributed by atoms with Gasteiger partial charge in [-0.3, -0.25) is 0 Å². The third-order valence-corrected chi connectivity index (χ3v) is 3.15. The van der Waals surface area contributed by atoms with Gasteiger partial charge in [-0.25, -0.2) is 4.98 Å². The molecular formula is C14H21N3. The van der Waals surface area contributed by atoms with Gasteiger partial charge in [-0.15, -0.1) is 0 Å². The molecule has 2 aromatic rings.